The van der Waals surface area contributed by atoms with Crippen LogP contribution in [0, 0.1) is 18.7 Å². The molecule has 0 radical (unpaired) electrons. The van der Waals surface area contributed by atoms with Gasteiger partial charge in [-0.15, -0.1) is 0 Å². The van der Waals surface area contributed by atoms with E-state index in [1.54, 1.807) is 25.1 Å². The summed E-state index contributed by atoms with van der Waals surface area (Å²) in [6, 6.07) is 14.0. The van der Waals surface area contributed by atoms with Crippen LogP contribution in [-0.2, 0) is 21.4 Å². The Kier molecular flexibility index (Phi) is 6.82. The summed E-state index contributed by atoms with van der Waals surface area (Å²) in [6.07, 6.45) is 2.54. The fourth-order valence-electron chi connectivity index (χ4n) is 3.34. The summed E-state index contributed by atoms with van der Waals surface area (Å²) >= 11 is 0. The molecule has 1 N–H and O–H groups in total. The molecule has 1 heterocycles. The van der Waals surface area contributed by atoms with Gasteiger partial charge >= 0.3 is 0 Å². The number of nitrogens with zero attached hydrogens (tertiary/aromatic N) is 1. The molecule has 3 rings (SSSR count). The Balaban J connectivity index is 1.50. The van der Waals surface area contributed by atoms with Gasteiger partial charge in [0.15, 0.2) is 0 Å². The van der Waals surface area contributed by atoms with Gasteiger partial charge in [-0.05, 0) is 48.6 Å². The van der Waals surface area contributed by atoms with Crippen molar-refractivity contribution >= 4 is 22.0 Å². The lowest BCUT2D eigenvalue weighted by molar-refractivity contribution is -0.126. The molecule has 29 heavy (non-hydrogen) atoms. The van der Waals surface area contributed by atoms with Gasteiger partial charge in [-0.2, -0.15) is 4.31 Å². The first-order chi connectivity index (χ1) is 13.8. The van der Waals surface area contributed by atoms with Crippen LogP contribution in [0.5, 0.6) is 0 Å². The molecule has 1 amide bonds. The topological polar surface area (TPSA) is 66.5 Å². The number of amides is 1. The zero-order valence-electron chi connectivity index (χ0n) is 16.3. The van der Waals surface area contributed by atoms with Gasteiger partial charge in [-0.1, -0.05) is 42.5 Å². The molecule has 2 aromatic rings. The number of piperidine rings is 1. The maximum Gasteiger partial charge on any atom is 0.236 e. The number of hydrogen-bond acceptors (Lipinski definition) is 3. The van der Waals surface area contributed by atoms with Gasteiger partial charge in [-0.25, -0.2) is 12.8 Å². The number of carbonyl (C=O) groups is 1. The van der Waals surface area contributed by atoms with E-state index in [0.29, 0.717) is 38.0 Å². The van der Waals surface area contributed by atoms with Gasteiger partial charge in [0.25, 0.3) is 0 Å². The summed E-state index contributed by atoms with van der Waals surface area (Å²) in [4.78, 5) is 12.4. The van der Waals surface area contributed by atoms with Crippen LogP contribution in [0.25, 0.3) is 6.08 Å². The molecule has 5 nitrogen and oxygen atoms in total. The van der Waals surface area contributed by atoms with Crippen molar-refractivity contribution in [2.45, 2.75) is 26.3 Å². The number of carbonyl (C=O) groups excluding carboxylic acids is 1. The normalized spacial score (nSPS) is 16.2. The van der Waals surface area contributed by atoms with Crippen molar-refractivity contribution in [1.82, 2.24) is 9.62 Å². The fraction of sp³-hybridized carbons (Fsp3) is 0.318. The third kappa shape index (κ3) is 5.74. The second-order valence-corrected chi connectivity index (χ2v) is 9.05. The standard InChI is InChI=1S/C22H25FN2O3S/c1-17-15-19(7-8-21(17)23)16-24-22(26)20-9-12-25(13-10-20)29(27,28)14-11-18-5-3-2-4-6-18/h2-8,11,14-15,20H,9-10,12-13,16H2,1H3,(H,24,26)/b14-11+. The van der Waals surface area contributed by atoms with Crippen LogP contribution in [0.15, 0.2) is 53.9 Å². The second-order valence-electron chi connectivity index (χ2n) is 7.23. The quantitative estimate of drug-likeness (QED) is 0.784. The van der Waals surface area contributed by atoms with Gasteiger partial charge in [-0.3, -0.25) is 4.79 Å². The first kappa shape index (κ1) is 21.2. The molecule has 1 saturated heterocycles. The predicted octanol–water partition coefficient (Wildman–Crippen LogP) is 3.46. The first-order valence-corrected chi connectivity index (χ1v) is 11.1. The maximum atomic E-state index is 13.3. The first-order valence-electron chi connectivity index (χ1n) is 9.61. The minimum atomic E-state index is -3.51. The van der Waals surface area contributed by atoms with E-state index in [9.17, 15) is 17.6 Å². The molecule has 0 unspecified atom stereocenters. The number of nitrogens with one attached hydrogen (secondary N) is 1. The van der Waals surface area contributed by atoms with Gasteiger partial charge in [0, 0.05) is 31.0 Å². The fourth-order valence-corrected chi connectivity index (χ4v) is 4.56. The van der Waals surface area contributed by atoms with Crippen LogP contribution in [0.3, 0.4) is 0 Å². The Morgan fingerprint density at radius 3 is 2.52 bits per heavy atom. The summed E-state index contributed by atoms with van der Waals surface area (Å²) in [5.41, 5.74) is 2.20. The van der Waals surface area contributed by atoms with E-state index in [1.165, 1.54) is 15.8 Å². The summed E-state index contributed by atoms with van der Waals surface area (Å²) < 4.78 is 39.8. The summed E-state index contributed by atoms with van der Waals surface area (Å²) in [5.74, 6) is -0.583. The Hall–Kier alpha value is -2.51. The van der Waals surface area contributed by atoms with E-state index in [1.807, 2.05) is 30.3 Å². The molecule has 154 valence electrons. The Labute approximate surface area is 171 Å². The van der Waals surface area contributed by atoms with Gasteiger partial charge < -0.3 is 5.32 Å². The summed E-state index contributed by atoms with van der Waals surface area (Å²) in [7, 11) is -3.51. The molecule has 1 aliphatic heterocycles. The van der Waals surface area contributed by atoms with Gasteiger partial charge in [0.1, 0.15) is 5.82 Å². The van der Waals surface area contributed by atoms with Crippen LogP contribution in [0.1, 0.15) is 29.5 Å². The lowest BCUT2D eigenvalue weighted by Crippen LogP contribution is -2.42. The monoisotopic (exact) mass is 416 g/mol. The number of benzene rings is 2. The highest BCUT2D eigenvalue weighted by atomic mass is 32.2. The SMILES string of the molecule is Cc1cc(CNC(=O)C2CCN(S(=O)(=O)/C=C/c3ccccc3)CC2)ccc1F. The lowest BCUT2D eigenvalue weighted by Gasteiger charge is -2.29. The summed E-state index contributed by atoms with van der Waals surface area (Å²) in [5, 5.41) is 4.09. The van der Waals surface area contributed by atoms with Crippen molar-refractivity contribution in [1.29, 1.82) is 0 Å². The number of aryl methyl sites for hydroxylation is 1. The average Bonchev–Trinajstić information content (AvgIpc) is 2.74. The van der Waals surface area contributed by atoms with Crippen molar-refractivity contribution in [3.63, 3.8) is 0 Å². The highest BCUT2D eigenvalue weighted by Gasteiger charge is 2.29. The number of rotatable bonds is 6. The zero-order valence-corrected chi connectivity index (χ0v) is 17.2. The van der Waals surface area contributed by atoms with Gasteiger partial charge in [0.2, 0.25) is 15.9 Å². The van der Waals surface area contributed by atoms with E-state index in [4.69, 9.17) is 0 Å². The van der Waals surface area contributed by atoms with Crippen LogP contribution >= 0.6 is 0 Å². The van der Waals surface area contributed by atoms with Crippen molar-refractivity contribution in [2.24, 2.45) is 5.92 Å². The van der Waals surface area contributed by atoms with E-state index in [2.05, 4.69) is 5.32 Å². The molecule has 1 fully saturated rings. The third-order valence-electron chi connectivity index (χ3n) is 5.11. The highest BCUT2D eigenvalue weighted by Crippen LogP contribution is 2.21. The number of halogens is 1. The van der Waals surface area contributed by atoms with Crippen LogP contribution < -0.4 is 5.32 Å². The third-order valence-corrected chi connectivity index (χ3v) is 6.67. The van der Waals surface area contributed by atoms with Crippen LogP contribution in [-0.4, -0.2) is 31.7 Å². The zero-order chi connectivity index (χ0) is 20.9. The van der Waals surface area contributed by atoms with Gasteiger partial charge in [0.05, 0.1) is 0 Å². The van der Waals surface area contributed by atoms with Crippen LogP contribution in [0.2, 0.25) is 0 Å². The van der Waals surface area contributed by atoms with Crippen LogP contribution in [0.4, 0.5) is 4.39 Å². The molecule has 0 aromatic heterocycles. The Bertz CT molecular complexity index is 982. The minimum absolute atomic E-state index is 0.0937. The van der Waals surface area contributed by atoms with Crippen molar-refractivity contribution in [3.05, 3.63) is 76.4 Å². The molecule has 0 bridgehead atoms. The largest absolute Gasteiger partial charge is 0.352 e. The van der Waals surface area contributed by atoms with Crippen molar-refractivity contribution in [3.8, 4) is 0 Å². The molecule has 1 aliphatic rings. The maximum absolute atomic E-state index is 13.3. The average molecular weight is 417 g/mol. The van der Waals surface area contributed by atoms with E-state index in [0.717, 1.165) is 11.1 Å². The van der Waals surface area contributed by atoms with Crippen molar-refractivity contribution < 1.29 is 17.6 Å². The molecule has 0 aliphatic carbocycles. The highest BCUT2D eigenvalue weighted by molar-refractivity contribution is 7.92. The molecular formula is C22H25FN2O3S. The lowest BCUT2D eigenvalue weighted by atomic mass is 9.97. The number of hydrogen-bond donors (Lipinski definition) is 1. The molecule has 2 aromatic carbocycles. The smallest absolute Gasteiger partial charge is 0.236 e. The van der Waals surface area contributed by atoms with E-state index >= 15 is 0 Å². The Morgan fingerprint density at radius 2 is 1.86 bits per heavy atom. The van der Waals surface area contributed by atoms with E-state index < -0.39 is 10.0 Å². The molecule has 0 spiro atoms. The number of sulfonamides is 1. The Morgan fingerprint density at radius 1 is 1.17 bits per heavy atom. The predicted molar refractivity (Wildman–Crippen MR) is 112 cm³/mol. The minimum Gasteiger partial charge on any atom is -0.352 e. The second kappa shape index (κ2) is 9.33. The van der Waals surface area contributed by atoms with E-state index in [-0.39, 0.29) is 17.6 Å². The molecular weight excluding hydrogens is 391 g/mol. The summed E-state index contributed by atoms with van der Waals surface area (Å²) in [6.45, 7) is 2.64. The molecule has 7 heteroatoms. The van der Waals surface area contributed by atoms with Crippen molar-refractivity contribution in [2.75, 3.05) is 13.1 Å². The molecule has 0 atom stereocenters. The molecule has 0 saturated carbocycles.